The van der Waals surface area contributed by atoms with Gasteiger partial charge < -0.3 is 14.8 Å². The molecule has 32 heavy (non-hydrogen) atoms. The van der Waals surface area contributed by atoms with Crippen LogP contribution in [0.4, 0.5) is 10.1 Å². The van der Waals surface area contributed by atoms with Crippen molar-refractivity contribution in [1.82, 2.24) is 4.31 Å². The van der Waals surface area contributed by atoms with Gasteiger partial charge in [-0.3, -0.25) is 4.79 Å². The minimum atomic E-state index is -4.05. The number of sulfonamides is 1. The molecule has 1 heterocycles. The molecule has 8 nitrogen and oxygen atoms in total. The summed E-state index contributed by atoms with van der Waals surface area (Å²) < 4.78 is 51.1. The van der Waals surface area contributed by atoms with E-state index in [1.165, 1.54) is 17.5 Å². The highest BCUT2D eigenvalue weighted by molar-refractivity contribution is 7.89. The van der Waals surface area contributed by atoms with Gasteiger partial charge in [-0.2, -0.15) is 4.31 Å². The minimum absolute atomic E-state index is 0.0330. The molecule has 2 aromatic rings. The summed E-state index contributed by atoms with van der Waals surface area (Å²) in [5, 5.41) is 2.76. The lowest BCUT2D eigenvalue weighted by atomic mass is 9.98. The summed E-state index contributed by atoms with van der Waals surface area (Å²) in [4.78, 5) is 24.2. The third-order valence-corrected chi connectivity index (χ3v) is 7.05. The molecule has 0 radical (unpaired) electrons. The van der Waals surface area contributed by atoms with Gasteiger partial charge in [0.25, 0.3) is 0 Å². The minimum Gasteiger partial charge on any atom is -0.495 e. The van der Waals surface area contributed by atoms with Crippen molar-refractivity contribution in [1.29, 1.82) is 0 Å². The summed E-state index contributed by atoms with van der Waals surface area (Å²) in [6.07, 6.45) is 0.996. The number of rotatable bonds is 7. The van der Waals surface area contributed by atoms with Gasteiger partial charge in [-0.05, 0) is 62.2 Å². The number of nitrogens with zero attached hydrogens (tertiary/aromatic N) is 1. The Morgan fingerprint density at radius 2 is 1.91 bits per heavy atom. The van der Waals surface area contributed by atoms with Crippen LogP contribution in [-0.2, 0) is 19.6 Å². The number of amides is 1. The predicted molar refractivity (Wildman–Crippen MR) is 115 cm³/mol. The van der Waals surface area contributed by atoms with Crippen molar-refractivity contribution in [2.24, 2.45) is 5.92 Å². The zero-order chi connectivity index (χ0) is 23.3. The number of carbonyl (C=O) groups is 2. The molecule has 0 saturated carbocycles. The molecule has 1 N–H and O–H groups in total. The number of halogens is 1. The first-order chi connectivity index (χ1) is 15.3. The summed E-state index contributed by atoms with van der Waals surface area (Å²) in [5.41, 5.74) is 0.846. The molecular formula is C22H25FN2O6S. The lowest BCUT2D eigenvalue weighted by molar-refractivity contribution is -0.120. The van der Waals surface area contributed by atoms with Crippen molar-refractivity contribution in [3.63, 3.8) is 0 Å². The van der Waals surface area contributed by atoms with E-state index in [0.717, 1.165) is 12.1 Å². The Morgan fingerprint density at radius 3 is 2.56 bits per heavy atom. The van der Waals surface area contributed by atoms with Crippen molar-refractivity contribution in [2.45, 2.75) is 24.7 Å². The zero-order valence-corrected chi connectivity index (χ0v) is 18.7. The van der Waals surface area contributed by atoms with Crippen LogP contribution in [0.25, 0.3) is 0 Å². The molecule has 172 valence electrons. The average Bonchev–Trinajstić information content (AvgIpc) is 2.79. The standard InChI is InChI=1S/C22H25FN2O6S/c1-3-31-22(27)15-6-9-18(10-7-15)24-21(26)16-5-4-12-25(14-16)32(28,29)20-13-17(23)8-11-19(20)30-2/h6-11,13,16H,3-5,12,14H2,1-2H3,(H,24,26)/t16-/m0/s1. The third-order valence-electron chi connectivity index (χ3n) is 5.16. The van der Waals surface area contributed by atoms with E-state index in [-0.39, 0.29) is 36.2 Å². The first kappa shape index (κ1) is 23.7. The van der Waals surface area contributed by atoms with Gasteiger partial charge in [-0.15, -0.1) is 0 Å². The van der Waals surface area contributed by atoms with Crippen LogP contribution < -0.4 is 10.1 Å². The van der Waals surface area contributed by atoms with Crippen LogP contribution in [0.2, 0.25) is 0 Å². The molecular weight excluding hydrogens is 439 g/mol. The number of carbonyl (C=O) groups excluding carboxylic acids is 2. The van der Waals surface area contributed by atoms with Gasteiger partial charge in [0.2, 0.25) is 15.9 Å². The van der Waals surface area contributed by atoms with Gasteiger partial charge in [-0.1, -0.05) is 0 Å². The van der Waals surface area contributed by atoms with E-state index in [1.807, 2.05) is 0 Å². The number of benzene rings is 2. The van der Waals surface area contributed by atoms with Crippen LogP contribution in [0.15, 0.2) is 47.4 Å². The number of ether oxygens (including phenoxy) is 2. The second-order valence-electron chi connectivity index (χ2n) is 7.28. The first-order valence-electron chi connectivity index (χ1n) is 10.2. The maximum Gasteiger partial charge on any atom is 0.338 e. The van der Waals surface area contributed by atoms with Crippen LogP contribution in [0.3, 0.4) is 0 Å². The quantitative estimate of drug-likeness (QED) is 0.632. The summed E-state index contributed by atoms with van der Waals surface area (Å²) in [6.45, 7) is 2.17. The van der Waals surface area contributed by atoms with Gasteiger partial charge in [-0.25, -0.2) is 17.6 Å². The number of nitrogens with one attached hydrogen (secondary N) is 1. The van der Waals surface area contributed by atoms with Crippen molar-refractivity contribution < 1.29 is 31.9 Å². The Hall–Kier alpha value is -2.98. The fourth-order valence-corrected chi connectivity index (χ4v) is 5.21. The Kier molecular flexibility index (Phi) is 7.47. The van der Waals surface area contributed by atoms with Crippen LogP contribution in [-0.4, -0.2) is 51.4 Å². The van der Waals surface area contributed by atoms with E-state index < -0.39 is 27.7 Å². The van der Waals surface area contributed by atoms with E-state index in [9.17, 15) is 22.4 Å². The van der Waals surface area contributed by atoms with Gasteiger partial charge in [0.1, 0.15) is 16.5 Å². The third kappa shape index (κ3) is 5.25. The summed E-state index contributed by atoms with van der Waals surface area (Å²) >= 11 is 0. The molecule has 1 atom stereocenters. The molecule has 0 aromatic heterocycles. The maximum atomic E-state index is 13.7. The molecule has 1 aliphatic rings. The molecule has 0 bridgehead atoms. The molecule has 0 unspecified atom stereocenters. The van der Waals surface area contributed by atoms with E-state index >= 15 is 0 Å². The Labute approximate surface area is 186 Å². The summed E-state index contributed by atoms with van der Waals surface area (Å²) in [5.74, 6) is -2.02. The highest BCUT2D eigenvalue weighted by atomic mass is 32.2. The summed E-state index contributed by atoms with van der Waals surface area (Å²) in [6, 6.07) is 9.55. The number of piperidine rings is 1. The smallest absolute Gasteiger partial charge is 0.338 e. The monoisotopic (exact) mass is 464 g/mol. The van der Waals surface area contributed by atoms with Crippen molar-refractivity contribution >= 4 is 27.6 Å². The maximum absolute atomic E-state index is 13.7. The highest BCUT2D eigenvalue weighted by Crippen LogP contribution is 2.30. The van der Waals surface area contributed by atoms with Crippen molar-refractivity contribution in [3.8, 4) is 5.75 Å². The van der Waals surface area contributed by atoms with Gasteiger partial charge in [0.15, 0.2) is 0 Å². The van der Waals surface area contributed by atoms with Crippen molar-refractivity contribution in [3.05, 3.63) is 53.8 Å². The molecule has 0 aliphatic carbocycles. The van der Waals surface area contributed by atoms with Gasteiger partial charge in [0, 0.05) is 18.8 Å². The second kappa shape index (κ2) is 10.1. The molecule has 1 fully saturated rings. The second-order valence-corrected chi connectivity index (χ2v) is 9.19. The largest absolute Gasteiger partial charge is 0.495 e. The molecule has 1 saturated heterocycles. The number of hydrogen-bond donors (Lipinski definition) is 1. The van der Waals surface area contributed by atoms with Crippen molar-refractivity contribution in [2.75, 3.05) is 32.1 Å². The van der Waals surface area contributed by atoms with E-state index in [2.05, 4.69) is 5.32 Å². The Bertz CT molecular complexity index is 1090. The number of hydrogen-bond acceptors (Lipinski definition) is 6. The van der Waals surface area contributed by atoms with Crippen LogP contribution in [0, 0.1) is 11.7 Å². The van der Waals surface area contributed by atoms with E-state index in [4.69, 9.17) is 9.47 Å². The van der Waals surface area contributed by atoms with Crippen LogP contribution in [0.1, 0.15) is 30.1 Å². The van der Waals surface area contributed by atoms with Crippen LogP contribution >= 0.6 is 0 Å². The first-order valence-corrected chi connectivity index (χ1v) is 11.6. The fraction of sp³-hybridized carbons (Fsp3) is 0.364. The number of anilines is 1. The molecule has 1 aliphatic heterocycles. The number of methoxy groups -OCH3 is 1. The predicted octanol–water partition coefficient (Wildman–Crippen LogP) is 3.05. The van der Waals surface area contributed by atoms with E-state index in [0.29, 0.717) is 24.1 Å². The molecule has 2 aromatic carbocycles. The highest BCUT2D eigenvalue weighted by Gasteiger charge is 2.35. The van der Waals surface area contributed by atoms with Gasteiger partial charge >= 0.3 is 5.97 Å². The molecule has 3 rings (SSSR count). The zero-order valence-electron chi connectivity index (χ0n) is 17.8. The number of esters is 1. The Balaban J connectivity index is 1.71. The molecule has 1 amide bonds. The fourth-order valence-electron chi connectivity index (χ4n) is 3.51. The van der Waals surface area contributed by atoms with Crippen LogP contribution in [0.5, 0.6) is 5.75 Å². The average molecular weight is 465 g/mol. The lowest BCUT2D eigenvalue weighted by Crippen LogP contribution is -2.43. The van der Waals surface area contributed by atoms with Gasteiger partial charge in [0.05, 0.1) is 25.2 Å². The lowest BCUT2D eigenvalue weighted by Gasteiger charge is -2.31. The SMILES string of the molecule is CCOC(=O)c1ccc(NC(=O)[C@H]2CCCN(S(=O)(=O)c3cc(F)ccc3OC)C2)cc1. The molecule has 0 spiro atoms. The summed E-state index contributed by atoms with van der Waals surface area (Å²) in [7, 11) is -2.74. The normalized spacial score (nSPS) is 16.9. The van der Waals surface area contributed by atoms with E-state index in [1.54, 1.807) is 31.2 Å². The molecule has 10 heteroatoms. The topological polar surface area (TPSA) is 102 Å². The Morgan fingerprint density at radius 1 is 1.19 bits per heavy atom.